The van der Waals surface area contributed by atoms with Crippen molar-refractivity contribution in [2.45, 2.75) is 24.9 Å². The second-order valence-corrected chi connectivity index (χ2v) is 5.06. The van der Waals surface area contributed by atoms with E-state index in [-0.39, 0.29) is 12.1 Å². The molecule has 0 radical (unpaired) electrons. The standard InChI is InChI=1S/C16H19N3O/c1-20-11-5-6-14-13(10-11)12(7-9-19-14)16(17)15-4-2-3-8-18-15/h3,5-10,15-16,18H,2,4,17H2,1H3/t15-,16+/m0/s1. The van der Waals surface area contributed by atoms with Gasteiger partial charge in [-0.05, 0) is 48.9 Å². The highest BCUT2D eigenvalue weighted by Gasteiger charge is 2.21. The lowest BCUT2D eigenvalue weighted by atomic mass is 9.93. The molecule has 1 aromatic heterocycles. The molecule has 2 heterocycles. The topological polar surface area (TPSA) is 60.2 Å². The van der Waals surface area contributed by atoms with E-state index in [1.807, 2.05) is 36.7 Å². The van der Waals surface area contributed by atoms with E-state index in [0.29, 0.717) is 0 Å². The monoisotopic (exact) mass is 269 g/mol. The predicted octanol–water partition coefficient (Wildman–Crippen LogP) is 2.51. The number of fused-ring (bicyclic) bond motifs is 1. The van der Waals surface area contributed by atoms with E-state index >= 15 is 0 Å². The molecule has 0 saturated carbocycles. The fourth-order valence-corrected chi connectivity index (χ4v) is 2.70. The normalized spacial score (nSPS) is 19.6. The van der Waals surface area contributed by atoms with Crippen LogP contribution in [0.25, 0.3) is 10.9 Å². The molecule has 1 aromatic carbocycles. The van der Waals surface area contributed by atoms with Crippen LogP contribution >= 0.6 is 0 Å². The summed E-state index contributed by atoms with van der Waals surface area (Å²) in [6.07, 6.45) is 8.07. The van der Waals surface area contributed by atoms with Crippen LogP contribution in [0.4, 0.5) is 0 Å². The maximum Gasteiger partial charge on any atom is 0.119 e. The van der Waals surface area contributed by atoms with Gasteiger partial charge in [-0.3, -0.25) is 4.98 Å². The van der Waals surface area contributed by atoms with Crippen LogP contribution < -0.4 is 15.8 Å². The molecule has 0 bridgehead atoms. The van der Waals surface area contributed by atoms with Crippen molar-refractivity contribution >= 4 is 10.9 Å². The first-order valence-corrected chi connectivity index (χ1v) is 6.89. The SMILES string of the molecule is COc1ccc2nccc([C@@H](N)[C@@H]3CCC=CN3)c2c1. The number of methoxy groups -OCH3 is 1. The zero-order chi connectivity index (χ0) is 13.9. The highest BCUT2D eigenvalue weighted by Crippen LogP contribution is 2.28. The highest BCUT2D eigenvalue weighted by molar-refractivity contribution is 5.84. The van der Waals surface area contributed by atoms with Gasteiger partial charge in [-0.25, -0.2) is 0 Å². The number of aromatic nitrogens is 1. The van der Waals surface area contributed by atoms with Gasteiger partial charge in [0.05, 0.1) is 18.7 Å². The third kappa shape index (κ3) is 2.34. The average molecular weight is 269 g/mol. The third-order valence-electron chi connectivity index (χ3n) is 3.85. The van der Waals surface area contributed by atoms with Gasteiger partial charge in [0.15, 0.2) is 0 Å². The summed E-state index contributed by atoms with van der Waals surface area (Å²) in [5, 5.41) is 4.42. The fraction of sp³-hybridized carbons (Fsp3) is 0.312. The molecule has 3 rings (SSSR count). The number of pyridine rings is 1. The molecule has 0 aliphatic carbocycles. The van der Waals surface area contributed by atoms with Gasteiger partial charge in [0, 0.05) is 17.6 Å². The van der Waals surface area contributed by atoms with Gasteiger partial charge in [-0.1, -0.05) is 6.08 Å². The lowest BCUT2D eigenvalue weighted by molar-refractivity contribution is 0.415. The molecule has 2 atom stereocenters. The summed E-state index contributed by atoms with van der Waals surface area (Å²) in [6, 6.07) is 8.11. The number of rotatable bonds is 3. The Hall–Kier alpha value is -2.07. The minimum absolute atomic E-state index is 0.0578. The van der Waals surface area contributed by atoms with Crippen molar-refractivity contribution < 1.29 is 4.74 Å². The second kappa shape index (κ2) is 5.51. The van der Waals surface area contributed by atoms with Gasteiger partial charge in [0.25, 0.3) is 0 Å². The zero-order valence-electron chi connectivity index (χ0n) is 11.5. The van der Waals surface area contributed by atoms with Crippen molar-refractivity contribution in [2.75, 3.05) is 7.11 Å². The Labute approximate surface area is 118 Å². The van der Waals surface area contributed by atoms with E-state index in [1.54, 1.807) is 7.11 Å². The first-order valence-electron chi connectivity index (χ1n) is 6.89. The molecule has 20 heavy (non-hydrogen) atoms. The Morgan fingerprint density at radius 3 is 3.05 bits per heavy atom. The number of nitrogens with zero attached hydrogens (tertiary/aromatic N) is 1. The Balaban J connectivity index is 2.03. The first kappa shape index (κ1) is 12.9. The molecule has 2 aromatic rings. The number of benzene rings is 1. The molecule has 0 amide bonds. The summed E-state index contributed by atoms with van der Waals surface area (Å²) >= 11 is 0. The molecule has 1 aliphatic rings. The average Bonchev–Trinajstić information content (AvgIpc) is 2.54. The van der Waals surface area contributed by atoms with Gasteiger partial charge in [-0.2, -0.15) is 0 Å². The molecule has 4 nitrogen and oxygen atoms in total. The second-order valence-electron chi connectivity index (χ2n) is 5.06. The first-order chi connectivity index (χ1) is 9.79. The van der Waals surface area contributed by atoms with Crippen molar-refractivity contribution in [3.8, 4) is 5.75 Å². The van der Waals surface area contributed by atoms with E-state index < -0.39 is 0 Å². The Bertz CT molecular complexity index is 639. The van der Waals surface area contributed by atoms with Crippen LogP contribution in [0.3, 0.4) is 0 Å². The summed E-state index contributed by atoms with van der Waals surface area (Å²) in [7, 11) is 1.67. The van der Waals surface area contributed by atoms with Gasteiger partial charge in [0.2, 0.25) is 0 Å². The van der Waals surface area contributed by atoms with Gasteiger partial charge in [0.1, 0.15) is 5.75 Å². The van der Waals surface area contributed by atoms with Crippen molar-refractivity contribution in [2.24, 2.45) is 5.73 Å². The molecule has 1 aliphatic heterocycles. The highest BCUT2D eigenvalue weighted by atomic mass is 16.5. The third-order valence-corrected chi connectivity index (χ3v) is 3.85. The minimum Gasteiger partial charge on any atom is -0.497 e. The molecule has 0 saturated heterocycles. The number of nitrogens with two attached hydrogens (primary N) is 1. The van der Waals surface area contributed by atoms with E-state index in [0.717, 1.165) is 35.1 Å². The fourth-order valence-electron chi connectivity index (χ4n) is 2.70. The Morgan fingerprint density at radius 2 is 2.30 bits per heavy atom. The van der Waals surface area contributed by atoms with Crippen LogP contribution in [0.5, 0.6) is 5.75 Å². The van der Waals surface area contributed by atoms with Crippen LogP contribution in [-0.2, 0) is 0 Å². The number of hydrogen-bond donors (Lipinski definition) is 2. The number of hydrogen-bond acceptors (Lipinski definition) is 4. The Morgan fingerprint density at radius 1 is 1.40 bits per heavy atom. The predicted molar refractivity (Wildman–Crippen MR) is 80.5 cm³/mol. The molecular weight excluding hydrogens is 250 g/mol. The van der Waals surface area contributed by atoms with Crippen LogP contribution in [0.15, 0.2) is 42.7 Å². The van der Waals surface area contributed by atoms with Gasteiger partial charge >= 0.3 is 0 Å². The van der Waals surface area contributed by atoms with E-state index in [4.69, 9.17) is 10.5 Å². The smallest absolute Gasteiger partial charge is 0.119 e. The summed E-state index contributed by atoms with van der Waals surface area (Å²) < 4.78 is 5.31. The number of ether oxygens (including phenoxy) is 1. The van der Waals surface area contributed by atoms with Gasteiger partial charge < -0.3 is 15.8 Å². The molecule has 4 heteroatoms. The molecular formula is C16H19N3O. The molecule has 104 valence electrons. The zero-order valence-corrected chi connectivity index (χ0v) is 11.5. The maximum absolute atomic E-state index is 6.46. The quantitative estimate of drug-likeness (QED) is 0.899. The van der Waals surface area contributed by atoms with Crippen LogP contribution in [0, 0.1) is 0 Å². The van der Waals surface area contributed by atoms with Crippen LogP contribution in [0.2, 0.25) is 0 Å². The van der Waals surface area contributed by atoms with Gasteiger partial charge in [-0.15, -0.1) is 0 Å². The van der Waals surface area contributed by atoms with Crippen molar-refractivity contribution in [1.29, 1.82) is 0 Å². The minimum atomic E-state index is -0.0578. The van der Waals surface area contributed by atoms with E-state index in [2.05, 4.69) is 16.4 Å². The van der Waals surface area contributed by atoms with Crippen molar-refractivity contribution in [3.05, 3.63) is 48.3 Å². The molecule has 0 fully saturated rings. The Kier molecular flexibility index (Phi) is 3.56. The number of allylic oxidation sites excluding steroid dienone is 1. The summed E-state index contributed by atoms with van der Waals surface area (Å²) in [4.78, 5) is 4.40. The maximum atomic E-state index is 6.46. The van der Waals surface area contributed by atoms with Crippen LogP contribution in [-0.4, -0.2) is 18.1 Å². The van der Waals surface area contributed by atoms with E-state index in [1.165, 1.54) is 0 Å². The molecule has 0 unspecified atom stereocenters. The largest absolute Gasteiger partial charge is 0.497 e. The lowest BCUT2D eigenvalue weighted by Crippen LogP contribution is -2.37. The summed E-state index contributed by atoms with van der Waals surface area (Å²) in [5.74, 6) is 0.829. The van der Waals surface area contributed by atoms with Crippen molar-refractivity contribution in [1.82, 2.24) is 10.3 Å². The lowest BCUT2D eigenvalue weighted by Gasteiger charge is -2.27. The summed E-state index contributed by atoms with van der Waals surface area (Å²) in [6.45, 7) is 0. The van der Waals surface area contributed by atoms with Crippen LogP contribution in [0.1, 0.15) is 24.4 Å². The molecule has 0 spiro atoms. The van der Waals surface area contributed by atoms with Crippen molar-refractivity contribution in [3.63, 3.8) is 0 Å². The summed E-state index contributed by atoms with van der Waals surface area (Å²) in [5.41, 5.74) is 8.52. The van der Waals surface area contributed by atoms with E-state index in [9.17, 15) is 0 Å². The molecule has 3 N–H and O–H groups in total. The number of nitrogens with one attached hydrogen (secondary N) is 1.